The number of esters is 2. The highest BCUT2D eigenvalue weighted by Gasteiger charge is 2.36. The molecule has 0 amide bonds. The van der Waals surface area contributed by atoms with E-state index in [2.05, 4.69) is 52.0 Å². The second-order valence-corrected chi connectivity index (χ2v) is 11.0. The third kappa shape index (κ3) is 7.55. The van der Waals surface area contributed by atoms with Crippen LogP contribution in [0, 0.1) is 9.49 Å². The Bertz CT molecular complexity index is 928. The number of hydrogen-bond donors (Lipinski definition) is 0. The zero-order valence-electron chi connectivity index (χ0n) is 19.9. The van der Waals surface area contributed by atoms with Gasteiger partial charge in [-0.15, -0.1) is 0 Å². The first-order valence-electron chi connectivity index (χ1n) is 11.6. The number of carbonyl (C=O) groups excluding carboxylic acids is 2. The van der Waals surface area contributed by atoms with E-state index in [9.17, 15) is 9.59 Å². The van der Waals surface area contributed by atoms with E-state index in [0.717, 1.165) is 34.3 Å². The van der Waals surface area contributed by atoms with Gasteiger partial charge in [-0.1, -0.05) is 35.5 Å². The number of ether oxygens (including phenoxy) is 2. The average Bonchev–Trinajstić information content (AvgIpc) is 3.10. The summed E-state index contributed by atoms with van der Waals surface area (Å²) in [7, 11) is 1.37. The first kappa shape index (κ1) is 25.7. The van der Waals surface area contributed by atoms with Crippen molar-refractivity contribution in [2.24, 2.45) is 5.92 Å². The van der Waals surface area contributed by atoms with Gasteiger partial charge in [-0.2, -0.15) is 0 Å². The minimum atomic E-state index is -0.563. The molecule has 1 heterocycles. The van der Waals surface area contributed by atoms with Gasteiger partial charge in [-0.25, -0.2) is 0 Å². The lowest BCUT2D eigenvalue weighted by atomic mass is 9.71. The molecule has 6 nitrogen and oxygen atoms in total. The first-order valence-corrected chi connectivity index (χ1v) is 12.7. The van der Waals surface area contributed by atoms with Crippen molar-refractivity contribution in [3.63, 3.8) is 0 Å². The fourth-order valence-corrected chi connectivity index (χ4v) is 5.40. The van der Waals surface area contributed by atoms with E-state index in [-0.39, 0.29) is 30.7 Å². The Labute approximate surface area is 209 Å². The SMILES string of the molecule is COC(=O)CC[C@@H](CC(=O)OC(C)(C)C)c1noc([C@H]2C[C@@H](CCc3ccccc3)C2)c1I. The molecule has 1 aromatic heterocycles. The molecule has 33 heavy (non-hydrogen) atoms. The Morgan fingerprint density at radius 2 is 1.88 bits per heavy atom. The van der Waals surface area contributed by atoms with Crippen LogP contribution < -0.4 is 0 Å². The molecule has 1 aromatic carbocycles. The molecule has 0 spiro atoms. The van der Waals surface area contributed by atoms with Crippen LogP contribution in [0.2, 0.25) is 0 Å². The van der Waals surface area contributed by atoms with Crippen LogP contribution in [0.25, 0.3) is 0 Å². The fourth-order valence-electron chi connectivity index (χ4n) is 4.33. The van der Waals surface area contributed by atoms with Gasteiger partial charge in [0.2, 0.25) is 0 Å². The molecule has 1 fully saturated rings. The third-order valence-corrected chi connectivity index (χ3v) is 7.20. The van der Waals surface area contributed by atoms with Gasteiger partial charge in [-0.3, -0.25) is 9.59 Å². The van der Waals surface area contributed by atoms with Crippen LogP contribution in [0.15, 0.2) is 34.9 Å². The highest BCUT2D eigenvalue weighted by Crippen LogP contribution is 2.46. The monoisotopic (exact) mass is 567 g/mol. The molecule has 1 aliphatic rings. The fraction of sp³-hybridized carbons (Fsp3) is 0.577. The molecule has 0 radical (unpaired) electrons. The molecule has 180 valence electrons. The topological polar surface area (TPSA) is 78.6 Å². The van der Waals surface area contributed by atoms with Crippen LogP contribution in [0.3, 0.4) is 0 Å². The number of aryl methyl sites for hydroxylation is 1. The molecule has 0 N–H and O–H groups in total. The maximum atomic E-state index is 12.5. The summed E-state index contributed by atoms with van der Waals surface area (Å²) < 4.78 is 17.1. The summed E-state index contributed by atoms with van der Waals surface area (Å²) in [4.78, 5) is 24.2. The van der Waals surface area contributed by atoms with Crippen molar-refractivity contribution in [2.75, 3.05) is 7.11 Å². The number of methoxy groups -OCH3 is 1. The van der Waals surface area contributed by atoms with Gasteiger partial charge in [-0.05, 0) is 86.9 Å². The van der Waals surface area contributed by atoms with E-state index in [4.69, 9.17) is 14.0 Å². The van der Waals surface area contributed by atoms with Crippen molar-refractivity contribution >= 4 is 34.5 Å². The molecule has 2 aromatic rings. The Hall–Kier alpha value is -1.90. The quantitative estimate of drug-likeness (QED) is 0.252. The highest BCUT2D eigenvalue weighted by molar-refractivity contribution is 14.1. The van der Waals surface area contributed by atoms with Gasteiger partial charge >= 0.3 is 11.9 Å². The zero-order chi connectivity index (χ0) is 24.0. The lowest BCUT2D eigenvalue weighted by Crippen LogP contribution is -2.25. The highest BCUT2D eigenvalue weighted by atomic mass is 127. The number of halogens is 1. The number of carbonyl (C=O) groups is 2. The maximum Gasteiger partial charge on any atom is 0.306 e. The van der Waals surface area contributed by atoms with E-state index in [1.54, 1.807) is 0 Å². The molecule has 3 rings (SSSR count). The molecule has 0 bridgehead atoms. The van der Waals surface area contributed by atoms with Crippen LogP contribution in [-0.4, -0.2) is 29.8 Å². The molecule has 7 heteroatoms. The lowest BCUT2D eigenvalue weighted by molar-refractivity contribution is -0.155. The number of nitrogens with zero attached hydrogens (tertiary/aromatic N) is 1. The van der Waals surface area contributed by atoms with Gasteiger partial charge in [0.15, 0.2) is 5.76 Å². The standard InChI is InChI=1S/C26H34INO5/c1-26(2,3)32-22(30)16-19(12-13-21(29)31-4)24-23(27)25(33-28-24)20-14-18(15-20)11-10-17-8-6-5-7-9-17/h5-9,18-20H,10-16H2,1-4H3/t18-,19-,20+/m0/s1. The van der Waals surface area contributed by atoms with E-state index in [0.29, 0.717) is 18.3 Å². The largest absolute Gasteiger partial charge is 0.469 e. The number of hydrogen-bond acceptors (Lipinski definition) is 6. The predicted octanol–water partition coefficient (Wildman–Crippen LogP) is 6.17. The van der Waals surface area contributed by atoms with Gasteiger partial charge in [0, 0.05) is 18.3 Å². The molecular weight excluding hydrogens is 533 g/mol. The van der Waals surface area contributed by atoms with Crippen molar-refractivity contribution in [1.82, 2.24) is 5.16 Å². The smallest absolute Gasteiger partial charge is 0.306 e. The Morgan fingerprint density at radius 3 is 2.52 bits per heavy atom. The normalized spacial score (nSPS) is 18.9. The molecule has 1 saturated carbocycles. The summed E-state index contributed by atoms with van der Waals surface area (Å²) in [6.07, 6.45) is 5.29. The van der Waals surface area contributed by atoms with Gasteiger partial charge in [0.05, 0.1) is 17.1 Å². The summed E-state index contributed by atoms with van der Waals surface area (Å²) in [6.45, 7) is 5.53. The van der Waals surface area contributed by atoms with Crippen LogP contribution in [-0.2, 0) is 25.5 Å². The molecule has 0 aliphatic heterocycles. The summed E-state index contributed by atoms with van der Waals surface area (Å²) >= 11 is 2.28. The number of aromatic nitrogens is 1. The maximum absolute atomic E-state index is 12.5. The molecule has 1 atom stereocenters. The van der Waals surface area contributed by atoms with E-state index in [1.807, 2.05) is 26.8 Å². The molecule has 0 unspecified atom stereocenters. The van der Waals surface area contributed by atoms with E-state index >= 15 is 0 Å². The van der Waals surface area contributed by atoms with Crippen LogP contribution in [0.5, 0.6) is 0 Å². The summed E-state index contributed by atoms with van der Waals surface area (Å²) in [5, 5.41) is 4.35. The van der Waals surface area contributed by atoms with Gasteiger partial charge in [0.25, 0.3) is 0 Å². The number of benzene rings is 1. The van der Waals surface area contributed by atoms with Crippen molar-refractivity contribution in [2.45, 2.75) is 83.2 Å². The first-order chi connectivity index (χ1) is 15.7. The van der Waals surface area contributed by atoms with Crippen LogP contribution in [0.4, 0.5) is 0 Å². The second-order valence-electron chi connectivity index (χ2n) is 9.91. The Balaban J connectivity index is 1.62. The van der Waals surface area contributed by atoms with Gasteiger partial charge in [0.1, 0.15) is 11.3 Å². The Kier molecular flexibility index (Phi) is 8.95. The summed E-state index contributed by atoms with van der Waals surface area (Å²) in [6, 6.07) is 10.6. The van der Waals surface area contributed by atoms with Crippen LogP contribution in [0.1, 0.15) is 88.1 Å². The van der Waals surface area contributed by atoms with E-state index < -0.39 is 5.60 Å². The van der Waals surface area contributed by atoms with Gasteiger partial charge < -0.3 is 14.0 Å². The minimum Gasteiger partial charge on any atom is -0.469 e. The predicted molar refractivity (Wildman–Crippen MR) is 134 cm³/mol. The van der Waals surface area contributed by atoms with Crippen LogP contribution >= 0.6 is 22.6 Å². The summed E-state index contributed by atoms with van der Waals surface area (Å²) in [5.74, 6) is 1.11. The molecule has 0 saturated heterocycles. The minimum absolute atomic E-state index is 0.153. The lowest BCUT2D eigenvalue weighted by Gasteiger charge is -2.34. The average molecular weight is 567 g/mol. The van der Waals surface area contributed by atoms with Crippen molar-refractivity contribution in [3.8, 4) is 0 Å². The molecule has 1 aliphatic carbocycles. The van der Waals surface area contributed by atoms with E-state index in [1.165, 1.54) is 19.1 Å². The van der Waals surface area contributed by atoms with Crippen molar-refractivity contribution in [3.05, 3.63) is 50.9 Å². The summed E-state index contributed by atoms with van der Waals surface area (Å²) in [5.41, 5.74) is 1.56. The zero-order valence-corrected chi connectivity index (χ0v) is 22.1. The van der Waals surface area contributed by atoms with Crippen molar-refractivity contribution in [1.29, 1.82) is 0 Å². The van der Waals surface area contributed by atoms with Crippen molar-refractivity contribution < 1.29 is 23.6 Å². The molecular formula is C26H34INO5. The number of rotatable bonds is 10. The Morgan fingerprint density at radius 1 is 1.18 bits per heavy atom. The second kappa shape index (κ2) is 11.5. The third-order valence-electron chi connectivity index (χ3n) is 6.12.